The van der Waals surface area contributed by atoms with Gasteiger partial charge in [-0.2, -0.15) is 0 Å². The summed E-state index contributed by atoms with van der Waals surface area (Å²) in [5, 5.41) is 4.05. The Morgan fingerprint density at radius 1 is 1.29 bits per heavy atom. The van der Waals surface area contributed by atoms with Crippen LogP contribution in [0.5, 0.6) is 11.5 Å². The number of anilines is 1. The average Bonchev–Trinajstić information content (AvgIpc) is 3.32. The zero-order valence-electron chi connectivity index (χ0n) is 15.5. The Morgan fingerprint density at radius 2 is 2.11 bits per heavy atom. The molecule has 0 bridgehead atoms. The van der Waals surface area contributed by atoms with E-state index in [-0.39, 0.29) is 24.0 Å². The molecular formula is C19H19N3O4S2. The predicted molar refractivity (Wildman–Crippen MR) is 111 cm³/mol. The lowest BCUT2D eigenvalue weighted by molar-refractivity contribution is -0.113. The molecule has 0 spiro atoms. The molecule has 0 aliphatic carbocycles. The third kappa shape index (κ3) is 3.59. The molecule has 0 saturated heterocycles. The van der Waals surface area contributed by atoms with Gasteiger partial charge < -0.3 is 14.8 Å². The van der Waals surface area contributed by atoms with E-state index in [1.165, 1.54) is 23.1 Å². The van der Waals surface area contributed by atoms with Crippen LogP contribution in [0.2, 0.25) is 0 Å². The molecule has 0 radical (unpaired) electrons. The average molecular weight is 418 g/mol. The van der Waals surface area contributed by atoms with Crippen LogP contribution in [0.1, 0.15) is 18.7 Å². The van der Waals surface area contributed by atoms with E-state index in [1.807, 2.05) is 13.0 Å². The molecule has 146 valence electrons. The molecule has 2 aromatic heterocycles. The molecule has 7 nitrogen and oxygen atoms in total. The number of rotatable bonds is 6. The largest absolute Gasteiger partial charge is 0.454 e. The number of thiophene rings is 1. The van der Waals surface area contributed by atoms with Gasteiger partial charge in [0.1, 0.15) is 4.83 Å². The molecule has 9 heteroatoms. The van der Waals surface area contributed by atoms with Gasteiger partial charge in [0.15, 0.2) is 16.7 Å². The molecule has 28 heavy (non-hydrogen) atoms. The Morgan fingerprint density at radius 3 is 2.89 bits per heavy atom. The first kappa shape index (κ1) is 18.8. The summed E-state index contributed by atoms with van der Waals surface area (Å²) < 4.78 is 12.2. The Kier molecular flexibility index (Phi) is 5.27. The van der Waals surface area contributed by atoms with Crippen LogP contribution in [0.25, 0.3) is 10.2 Å². The fraction of sp³-hybridized carbons (Fsp3) is 0.316. The Bertz CT molecular complexity index is 1110. The van der Waals surface area contributed by atoms with Crippen LogP contribution in [0.4, 0.5) is 5.69 Å². The summed E-state index contributed by atoms with van der Waals surface area (Å²) in [5.41, 5.74) is 0.583. The number of benzene rings is 1. The first-order valence-corrected chi connectivity index (χ1v) is 10.7. The number of ether oxygens (including phenoxy) is 2. The minimum absolute atomic E-state index is 0.0536. The van der Waals surface area contributed by atoms with Crippen molar-refractivity contribution in [2.24, 2.45) is 0 Å². The van der Waals surface area contributed by atoms with Gasteiger partial charge in [-0.3, -0.25) is 14.2 Å². The topological polar surface area (TPSA) is 82.5 Å². The van der Waals surface area contributed by atoms with Gasteiger partial charge in [-0.15, -0.1) is 11.3 Å². The van der Waals surface area contributed by atoms with Crippen molar-refractivity contribution in [3.63, 3.8) is 0 Å². The van der Waals surface area contributed by atoms with Gasteiger partial charge in [0, 0.05) is 23.2 Å². The monoisotopic (exact) mass is 417 g/mol. The lowest BCUT2D eigenvalue weighted by atomic mass is 10.3. The molecule has 1 amide bonds. The summed E-state index contributed by atoms with van der Waals surface area (Å²) in [6, 6.07) is 7.18. The highest BCUT2D eigenvalue weighted by atomic mass is 32.2. The van der Waals surface area contributed by atoms with Gasteiger partial charge in [-0.25, -0.2) is 4.98 Å². The van der Waals surface area contributed by atoms with Crippen LogP contribution in [-0.4, -0.2) is 28.0 Å². The quantitative estimate of drug-likeness (QED) is 0.488. The number of hydrogen-bond acceptors (Lipinski definition) is 7. The zero-order valence-corrected chi connectivity index (χ0v) is 17.1. The van der Waals surface area contributed by atoms with E-state index in [9.17, 15) is 9.59 Å². The van der Waals surface area contributed by atoms with E-state index in [0.717, 1.165) is 16.1 Å². The van der Waals surface area contributed by atoms with E-state index in [1.54, 1.807) is 22.8 Å². The van der Waals surface area contributed by atoms with Crippen molar-refractivity contribution in [1.29, 1.82) is 0 Å². The van der Waals surface area contributed by atoms with Gasteiger partial charge in [-0.05, 0) is 31.5 Å². The fourth-order valence-corrected chi connectivity index (χ4v) is 4.78. The van der Waals surface area contributed by atoms with Gasteiger partial charge in [0.05, 0.1) is 11.1 Å². The first-order valence-electron chi connectivity index (χ1n) is 8.94. The normalized spacial score (nSPS) is 12.5. The summed E-state index contributed by atoms with van der Waals surface area (Å²) in [7, 11) is 0. The zero-order chi connectivity index (χ0) is 19.7. The first-order chi connectivity index (χ1) is 13.6. The molecule has 0 atom stereocenters. The van der Waals surface area contributed by atoms with E-state index in [0.29, 0.717) is 34.3 Å². The van der Waals surface area contributed by atoms with Crippen LogP contribution in [0, 0.1) is 0 Å². The highest BCUT2D eigenvalue weighted by Crippen LogP contribution is 2.34. The molecule has 0 unspecified atom stereocenters. The molecule has 1 aliphatic heterocycles. The minimum atomic E-state index is -0.179. The maximum Gasteiger partial charge on any atom is 0.262 e. The Balaban J connectivity index is 1.50. The molecule has 4 rings (SSSR count). The third-order valence-electron chi connectivity index (χ3n) is 4.32. The minimum Gasteiger partial charge on any atom is -0.454 e. The molecular weight excluding hydrogens is 398 g/mol. The van der Waals surface area contributed by atoms with E-state index in [4.69, 9.17) is 9.47 Å². The molecule has 1 aromatic carbocycles. The van der Waals surface area contributed by atoms with Gasteiger partial charge in [0.2, 0.25) is 12.7 Å². The number of nitrogens with zero attached hydrogens (tertiary/aromatic N) is 2. The highest BCUT2D eigenvalue weighted by molar-refractivity contribution is 7.99. The van der Waals surface area contributed by atoms with Crippen LogP contribution in [0.15, 0.2) is 34.2 Å². The lowest BCUT2D eigenvalue weighted by Gasteiger charge is -2.10. The SMILES string of the molecule is CCc1cc2c(=O)n(CC)c(SCC(=O)Nc3ccc4c(c3)OCO4)nc2s1. The summed E-state index contributed by atoms with van der Waals surface area (Å²) in [5.74, 6) is 1.25. The number of aromatic nitrogens is 2. The molecule has 3 aromatic rings. The van der Waals surface area contributed by atoms with Gasteiger partial charge in [-0.1, -0.05) is 18.7 Å². The van der Waals surface area contributed by atoms with Crippen LogP contribution in [0.3, 0.4) is 0 Å². The van der Waals surface area contributed by atoms with Gasteiger partial charge in [0.25, 0.3) is 5.56 Å². The number of fused-ring (bicyclic) bond motifs is 2. The van der Waals surface area contributed by atoms with Crippen molar-refractivity contribution < 1.29 is 14.3 Å². The van der Waals surface area contributed by atoms with E-state index >= 15 is 0 Å². The van der Waals surface area contributed by atoms with Crippen molar-refractivity contribution >= 4 is 44.9 Å². The van der Waals surface area contributed by atoms with Crippen LogP contribution < -0.4 is 20.3 Å². The second-order valence-electron chi connectivity index (χ2n) is 6.13. The number of aryl methyl sites for hydroxylation is 1. The number of hydrogen-bond donors (Lipinski definition) is 1. The lowest BCUT2D eigenvalue weighted by Crippen LogP contribution is -2.23. The number of carbonyl (C=O) groups excluding carboxylic acids is 1. The molecule has 0 saturated carbocycles. The standard InChI is InChI=1S/C19H19N3O4S2/c1-3-12-8-13-17(28-12)21-19(22(4-2)18(13)24)27-9-16(23)20-11-5-6-14-15(7-11)26-10-25-14/h5-8H,3-4,9-10H2,1-2H3,(H,20,23). The molecule has 1 N–H and O–H groups in total. The smallest absolute Gasteiger partial charge is 0.262 e. The van der Waals surface area contributed by atoms with Crippen molar-refractivity contribution in [2.45, 2.75) is 32.0 Å². The maximum absolute atomic E-state index is 12.7. The maximum atomic E-state index is 12.7. The third-order valence-corrected chi connectivity index (χ3v) is 6.47. The second kappa shape index (κ2) is 7.84. The number of amides is 1. The summed E-state index contributed by atoms with van der Waals surface area (Å²) in [4.78, 5) is 31.6. The highest BCUT2D eigenvalue weighted by Gasteiger charge is 2.16. The molecule has 3 heterocycles. The second-order valence-corrected chi connectivity index (χ2v) is 8.19. The van der Waals surface area contributed by atoms with Crippen molar-refractivity contribution in [2.75, 3.05) is 17.9 Å². The molecule has 0 fully saturated rings. The van der Waals surface area contributed by atoms with Crippen LogP contribution in [-0.2, 0) is 17.8 Å². The number of nitrogens with one attached hydrogen (secondary N) is 1. The van der Waals surface area contributed by atoms with Gasteiger partial charge >= 0.3 is 0 Å². The van der Waals surface area contributed by atoms with Crippen molar-refractivity contribution in [3.05, 3.63) is 39.5 Å². The van der Waals surface area contributed by atoms with Crippen LogP contribution >= 0.6 is 23.1 Å². The summed E-state index contributed by atoms with van der Waals surface area (Å²) in [6.45, 7) is 4.65. The summed E-state index contributed by atoms with van der Waals surface area (Å²) in [6.07, 6.45) is 0.868. The predicted octanol–water partition coefficient (Wildman–Crippen LogP) is 3.50. The van der Waals surface area contributed by atoms with Crippen molar-refractivity contribution in [3.8, 4) is 11.5 Å². The fourth-order valence-electron chi connectivity index (χ4n) is 2.91. The van der Waals surface area contributed by atoms with E-state index in [2.05, 4.69) is 17.2 Å². The Hall–Kier alpha value is -2.52. The van der Waals surface area contributed by atoms with Crippen molar-refractivity contribution in [1.82, 2.24) is 9.55 Å². The van der Waals surface area contributed by atoms with E-state index < -0.39 is 0 Å². The Labute approximate surface area is 169 Å². The number of thioether (sulfide) groups is 1. The molecule has 1 aliphatic rings. The number of carbonyl (C=O) groups is 1. The summed E-state index contributed by atoms with van der Waals surface area (Å²) >= 11 is 2.79.